The maximum Gasteiger partial charge on any atom is 0.169 e. The molecule has 1 aromatic carbocycles. The van der Waals surface area contributed by atoms with E-state index in [9.17, 15) is 5.11 Å². The molecular weight excluding hydrogens is 206 g/mol. The quantitative estimate of drug-likeness (QED) is 0.821. The molecule has 0 aromatic heterocycles. The highest BCUT2D eigenvalue weighted by Gasteiger charge is 2.25. The van der Waals surface area contributed by atoms with E-state index in [-0.39, 0.29) is 11.8 Å². The van der Waals surface area contributed by atoms with Crippen molar-refractivity contribution in [2.45, 2.75) is 18.9 Å². The number of methoxy groups -OCH3 is 2. The van der Waals surface area contributed by atoms with Crippen LogP contribution in [0.15, 0.2) is 12.1 Å². The summed E-state index contributed by atoms with van der Waals surface area (Å²) >= 11 is 0. The SMILES string of the molecule is COc1ccc(O)c(C2CCCN2)c1OC. The van der Waals surface area contributed by atoms with E-state index in [2.05, 4.69) is 5.32 Å². The molecule has 1 fully saturated rings. The lowest BCUT2D eigenvalue weighted by molar-refractivity contribution is 0.342. The van der Waals surface area contributed by atoms with E-state index in [0.29, 0.717) is 11.5 Å². The molecule has 1 heterocycles. The van der Waals surface area contributed by atoms with Gasteiger partial charge in [0.2, 0.25) is 0 Å². The van der Waals surface area contributed by atoms with Gasteiger partial charge in [0.05, 0.1) is 19.8 Å². The fraction of sp³-hybridized carbons (Fsp3) is 0.500. The molecule has 2 N–H and O–H groups in total. The summed E-state index contributed by atoms with van der Waals surface area (Å²) in [5, 5.41) is 13.3. The first kappa shape index (κ1) is 11.1. The van der Waals surface area contributed by atoms with Gasteiger partial charge in [0.15, 0.2) is 11.5 Å². The summed E-state index contributed by atoms with van der Waals surface area (Å²) in [5.74, 6) is 1.54. The molecule has 0 radical (unpaired) electrons. The Bertz CT molecular complexity index is 373. The van der Waals surface area contributed by atoms with Crippen molar-refractivity contribution in [1.82, 2.24) is 5.32 Å². The number of phenols is 1. The van der Waals surface area contributed by atoms with Crippen LogP contribution in [0.2, 0.25) is 0 Å². The molecule has 0 aliphatic carbocycles. The first-order valence-electron chi connectivity index (χ1n) is 5.45. The van der Waals surface area contributed by atoms with Crippen LogP contribution in [0.4, 0.5) is 0 Å². The van der Waals surface area contributed by atoms with Gasteiger partial charge in [-0.3, -0.25) is 0 Å². The lowest BCUT2D eigenvalue weighted by Crippen LogP contribution is -2.14. The predicted molar refractivity (Wildman–Crippen MR) is 61.2 cm³/mol. The molecule has 0 bridgehead atoms. The van der Waals surface area contributed by atoms with Crippen LogP contribution in [-0.2, 0) is 0 Å². The summed E-state index contributed by atoms with van der Waals surface area (Å²) in [6.07, 6.45) is 2.13. The molecule has 16 heavy (non-hydrogen) atoms. The molecule has 88 valence electrons. The number of hydrogen-bond acceptors (Lipinski definition) is 4. The molecule has 1 aliphatic rings. The molecule has 0 amide bonds. The third-order valence-corrected chi connectivity index (χ3v) is 2.97. The molecule has 1 aromatic rings. The Labute approximate surface area is 95.2 Å². The second-order valence-corrected chi connectivity index (χ2v) is 3.88. The van der Waals surface area contributed by atoms with Crippen LogP contribution < -0.4 is 14.8 Å². The fourth-order valence-electron chi connectivity index (χ4n) is 2.21. The van der Waals surface area contributed by atoms with E-state index in [1.807, 2.05) is 0 Å². The van der Waals surface area contributed by atoms with Crippen molar-refractivity contribution in [3.05, 3.63) is 17.7 Å². The molecule has 4 nitrogen and oxygen atoms in total. The zero-order chi connectivity index (χ0) is 11.5. The van der Waals surface area contributed by atoms with Crippen LogP contribution in [0, 0.1) is 0 Å². The van der Waals surface area contributed by atoms with Gasteiger partial charge in [-0.25, -0.2) is 0 Å². The van der Waals surface area contributed by atoms with Gasteiger partial charge in [0, 0.05) is 6.04 Å². The lowest BCUT2D eigenvalue weighted by atomic mass is 10.0. The number of hydrogen-bond donors (Lipinski definition) is 2. The largest absolute Gasteiger partial charge is 0.507 e. The van der Waals surface area contributed by atoms with Crippen LogP contribution in [0.1, 0.15) is 24.4 Å². The Kier molecular flexibility index (Phi) is 3.19. The van der Waals surface area contributed by atoms with E-state index >= 15 is 0 Å². The van der Waals surface area contributed by atoms with E-state index in [1.54, 1.807) is 26.4 Å². The third-order valence-electron chi connectivity index (χ3n) is 2.97. The van der Waals surface area contributed by atoms with E-state index in [0.717, 1.165) is 24.9 Å². The highest BCUT2D eigenvalue weighted by molar-refractivity contribution is 5.55. The maximum absolute atomic E-state index is 9.93. The maximum atomic E-state index is 9.93. The first-order chi connectivity index (χ1) is 7.77. The Morgan fingerprint density at radius 2 is 2.12 bits per heavy atom. The Morgan fingerprint density at radius 1 is 1.31 bits per heavy atom. The zero-order valence-corrected chi connectivity index (χ0v) is 9.62. The molecule has 0 spiro atoms. The van der Waals surface area contributed by atoms with Crippen LogP contribution >= 0.6 is 0 Å². The van der Waals surface area contributed by atoms with Gasteiger partial charge in [-0.1, -0.05) is 0 Å². The minimum atomic E-state index is 0.157. The van der Waals surface area contributed by atoms with Crippen molar-refractivity contribution >= 4 is 0 Å². The molecule has 2 rings (SSSR count). The zero-order valence-electron chi connectivity index (χ0n) is 9.62. The van der Waals surface area contributed by atoms with Crippen molar-refractivity contribution in [1.29, 1.82) is 0 Å². The van der Waals surface area contributed by atoms with Crippen LogP contribution in [-0.4, -0.2) is 25.9 Å². The fourth-order valence-corrected chi connectivity index (χ4v) is 2.21. The molecule has 1 unspecified atom stereocenters. The molecule has 0 saturated carbocycles. The van der Waals surface area contributed by atoms with Gasteiger partial charge in [0.25, 0.3) is 0 Å². The Hall–Kier alpha value is -1.42. The summed E-state index contributed by atoms with van der Waals surface area (Å²) in [6, 6.07) is 3.52. The van der Waals surface area contributed by atoms with E-state index in [1.165, 1.54) is 0 Å². The monoisotopic (exact) mass is 223 g/mol. The van der Waals surface area contributed by atoms with Crippen LogP contribution in [0.5, 0.6) is 17.2 Å². The van der Waals surface area contributed by atoms with Crippen molar-refractivity contribution in [2.24, 2.45) is 0 Å². The predicted octanol–water partition coefficient (Wildman–Crippen LogP) is 1.83. The number of ether oxygens (including phenoxy) is 2. The van der Waals surface area contributed by atoms with Crippen molar-refractivity contribution < 1.29 is 14.6 Å². The first-order valence-corrected chi connectivity index (χ1v) is 5.45. The molecule has 1 atom stereocenters. The third kappa shape index (κ3) is 1.80. The normalized spacial score (nSPS) is 19.8. The minimum Gasteiger partial charge on any atom is -0.507 e. The molecule has 1 aliphatic heterocycles. The van der Waals surface area contributed by atoms with Gasteiger partial charge in [0.1, 0.15) is 5.75 Å². The highest BCUT2D eigenvalue weighted by atomic mass is 16.5. The van der Waals surface area contributed by atoms with Gasteiger partial charge in [-0.15, -0.1) is 0 Å². The highest BCUT2D eigenvalue weighted by Crippen LogP contribution is 2.42. The van der Waals surface area contributed by atoms with Crippen molar-refractivity contribution in [3.63, 3.8) is 0 Å². The summed E-state index contributed by atoms with van der Waals surface area (Å²) in [5.41, 5.74) is 0.805. The van der Waals surface area contributed by atoms with Gasteiger partial charge >= 0.3 is 0 Å². The number of benzene rings is 1. The minimum absolute atomic E-state index is 0.157. The Morgan fingerprint density at radius 3 is 2.69 bits per heavy atom. The lowest BCUT2D eigenvalue weighted by Gasteiger charge is -2.18. The average Bonchev–Trinajstić information content (AvgIpc) is 2.81. The molecule has 1 saturated heterocycles. The average molecular weight is 223 g/mol. The van der Waals surface area contributed by atoms with Gasteiger partial charge in [-0.2, -0.15) is 0 Å². The number of phenolic OH excluding ortho intramolecular Hbond substituents is 1. The topological polar surface area (TPSA) is 50.7 Å². The number of nitrogens with one attached hydrogen (secondary N) is 1. The molecule has 4 heteroatoms. The second kappa shape index (κ2) is 4.61. The van der Waals surface area contributed by atoms with Crippen LogP contribution in [0.3, 0.4) is 0 Å². The molecular formula is C12H17NO3. The number of aromatic hydroxyl groups is 1. The van der Waals surface area contributed by atoms with Gasteiger partial charge < -0.3 is 19.9 Å². The second-order valence-electron chi connectivity index (χ2n) is 3.88. The Balaban J connectivity index is 2.47. The van der Waals surface area contributed by atoms with E-state index < -0.39 is 0 Å². The van der Waals surface area contributed by atoms with Crippen LogP contribution in [0.25, 0.3) is 0 Å². The summed E-state index contributed by atoms with van der Waals surface area (Å²) < 4.78 is 10.6. The van der Waals surface area contributed by atoms with E-state index in [4.69, 9.17) is 9.47 Å². The summed E-state index contributed by atoms with van der Waals surface area (Å²) in [7, 11) is 3.19. The smallest absolute Gasteiger partial charge is 0.169 e. The van der Waals surface area contributed by atoms with Gasteiger partial charge in [-0.05, 0) is 31.5 Å². The number of rotatable bonds is 3. The van der Waals surface area contributed by atoms with Crippen molar-refractivity contribution in [2.75, 3.05) is 20.8 Å². The standard InChI is InChI=1S/C12H17NO3/c1-15-10-6-5-9(14)11(12(10)16-2)8-4-3-7-13-8/h5-6,8,13-14H,3-4,7H2,1-2H3. The summed E-state index contributed by atoms with van der Waals surface area (Å²) in [4.78, 5) is 0. The summed E-state index contributed by atoms with van der Waals surface area (Å²) in [6.45, 7) is 0.977. The van der Waals surface area contributed by atoms with Crippen molar-refractivity contribution in [3.8, 4) is 17.2 Å².